The largest absolute Gasteiger partial charge is 0.541 e. The van der Waals surface area contributed by atoms with Gasteiger partial charge in [0.1, 0.15) is 20.1 Å². The Hall–Kier alpha value is -0.255. The van der Waals surface area contributed by atoms with Gasteiger partial charge in [0.15, 0.2) is 5.82 Å². The van der Waals surface area contributed by atoms with Crippen molar-refractivity contribution >= 4 is 15.9 Å². The summed E-state index contributed by atoms with van der Waals surface area (Å²) in [5.41, 5.74) is 0. The lowest BCUT2D eigenvalue weighted by atomic mass is 9.85. The normalized spacial score (nSPS) is 45.3. The number of hydrogen-bond donors (Lipinski definition) is 1. The maximum absolute atomic E-state index is 12.3. The van der Waals surface area contributed by atoms with E-state index in [9.17, 15) is 9.67 Å². The van der Waals surface area contributed by atoms with Crippen LogP contribution in [0.25, 0.3) is 0 Å². The average Bonchev–Trinajstić information content (AvgIpc) is 2.90. The molecular weight excluding hydrogens is 314 g/mol. The zero-order chi connectivity index (χ0) is 17.3. The molecule has 3 unspecified atom stereocenters. The predicted octanol–water partition coefficient (Wildman–Crippen LogP) is 2.60. The molecule has 2 saturated heterocycles. The molecule has 2 rings (SSSR count). The highest BCUT2D eigenvalue weighted by Gasteiger charge is 2.46. The van der Waals surface area contributed by atoms with Gasteiger partial charge >= 0.3 is 8.03 Å². The van der Waals surface area contributed by atoms with E-state index < -0.39 is 26.2 Å². The molecular formula is C16H27BO5P+. The summed E-state index contributed by atoms with van der Waals surface area (Å²) in [6, 6.07) is -0.401. The van der Waals surface area contributed by atoms with E-state index in [1.807, 2.05) is 34.6 Å². The van der Waals surface area contributed by atoms with Crippen LogP contribution in [0.3, 0.4) is 0 Å². The Balaban J connectivity index is 1.95. The Labute approximate surface area is 141 Å². The van der Waals surface area contributed by atoms with Crippen LogP contribution < -0.4 is 0 Å². The van der Waals surface area contributed by atoms with E-state index in [0.29, 0.717) is 0 Å². The quantitative estimate of drug-likeness (QED) is 0.615. The Morgan fingerprint density at radius 2 is 1.87 bits per heavy atom. The van der Waals surface area contributed by atoms with Crippen LogP contribution in [0.2, 0.25) is 0 Å². The Kier molecular flexibility index (Phi) is 6.43. The van der Waals surface area contributed by atoms with Crippen molar-refractivity contribution in [3.05, 3.63) is 11.9 Å². The van der Waals surface area contributed by atoms with Crippen LogP contribution in [-0.2, 0) is 18.6 Å². The Morgan fingerprint density at radius 3 is 2.39 bits per heavy atom. The molecule has 2 heterocycles. The molecule has 1 N–H and O–H groups in total. The molecule has 0 bridgehead atoms. The summed E-state index contributed by atoms with van der Waals surface area (Å²) < 4.78 is 29.3. The number of ether oxygens (including phenoxy) is 2. The SMILES string of the molecule is [B][C@@H]1O[C@H](C(C)C)[C@H](O[P+](=O)/C=C/[C@H]2O[C@@H](C)C(C)[C@H]2O)C1C. The summed E-state index contributed by atoms with van der Waals surface area (Å²) in [6.45, 7) is 9.86. The summed E-state index contributed by atoms with van der Waals surface area (Å²) in [7, 11) is 3.92. The van der Waals surface area contributed by atoms with Crippen molar-refractivity contribution in [2.24, 2.45) is 17.8 Å². The lowest BCUT2D eigenvalue weighted by Crippen LogP contribution is -2.31. The molecule has 0 amide bonds. The van der Waals surface area contributed by atoms with Crippen LogP contribution in [0.4, 0.5) is 0 Å². The molecule has 7 heteroatoms. The third-order valence-corrected chi connectivity index (χ3v) is 5.81. The first-order chi connectivity index (χ1) is 10.7. The Morgan fingerprint density at radius 1 is 1.22 bits per heavy atom. The zero-order valence-corrected chi connectivity index (χ0v) is 15.4. The predicted molar refractivity (Wildman–Crippen MR) is 89.5 cm³/mol. The van der Waals surface area contributed by atoms with Crippen molar-refractivity contribution in [3.8, 4) is 0 Å². The van der Waals surface area contributed by atoms with E-state index in [0.717, 1.165) is 0 Å². The van der Waals surface area contributed by atoms with Crippen molar-refractivity contribution in [1.82, 2.24) is 0 Å². The van der Waals surface area contributed by atoms with Crippen LogP contribution >= 0.6 is 8.03 Å². The van der Waals surface area contributed by atoms with E-state index in [2.05, 4.69) is 0 Å². The van der Waals surface area contributed by atoms with Gasteiger partial charge in [0.25, 0.3) is 0 Å². The number of rotatable bonds is 5. The molecule has 0 aliphatic carbocycles. The third-order valence-electron chi connectivity index (χ3n) is 4.94. The molecule has 0 aromatic carbocycles. The molecule has 5 nitrogen and oxygen atoms in total. The van der Waals surface area contributed by atoms with Crippen molar-refractivity contribution in [3.63, 3.8) is 0 Å². The first-order valence-corrected chi connectivity index (χ1v) is 9.53. The van der Waals surface area contributed by atoms with Gasteiger partial charge in [-0.05, 0) is 23.5 Å². The van der Waals surface area contributed by atoms with Crippen LogP contribution in [0.5, 0.6) is 0 Å². The fourth-order valence-electron chi connectivity index (χ4n) is 3.06. The minimum atomic E-state index is -2.01. The van der Waals surface area contributed by atoms with E-state index in [4.69, 9.17) is 21.8 Å². The second-order valence-electron chi connectivity index (χ2n) is 7.02. The van der Waals surface area contributed by atoms with Crippen molar-refractivity contribution in [2.45, 2.75) is 71.1 Å². The lowest BCUT2D eigenvalue weighted by Gasteiger charge is -2.19. The van der Waals surface area contributed by atoms with Gasteiger partial charge < -0.3 is 14.6 Å². The van der Waals surface area contributed by atoms with Gasteiger partial charge in [0.2, 0.25) is 0 Å². The van der Waals surface area contributed by atoms with Gasteiger partial charge in [0, 0.05) is 17.8 Å². The smallest absolute Gasteiger partial charge is 0.390 e. The maximum atomic E-state index is 12.3. The minimum Gasteiger partial charge on any atom is -0.390 e. The van der Waals surface area contributed by atoms with Gasteiger partial charge in [-0.15, -0.1) is 4.52 Å². The summed E-state index contributed by atoms with van der Waals surface area (Å²) in [4.78, 5) is 0. The second-order valence-corrected chi connectivity index (χ2v) is 8.10. The second kappa shape index (κ2) is 7.75. The highest BCUT2D eigenvalue weighted by molar-refractivity contribution is 7.42. The fourth-order valence-corrected chi connectivity index (χ4v) is 3.99. The maximum Gasteiger partial charge on any atom is 0.541 e. The zero-order valence-electron chi connectivity index (χ0n) is 14.5. The number of hydrogen-bond acceptors (Lipinski definition) is 5. The molecule has 23 heavy (non-hydrogen) atoms. The molecule has 0 spiro atoms. The van der Waals surface area contributed by atoms with Crippen LogP contribution in [0.1, 0.15) is 34.6 Å². The van der Waals surface area contributed by atoms with Crippen LogP contribution in [0.15, 0.2) is 11.9 Å². The highest BCUT2D eigenvalue weighted by Crippen LogP contribution is 2.39. The van der Waals surface area contributed by atoms with E-state index >= 15 is 0 Å². The number of aliphatic hydroxyl groups excluding tert-OH is 1. The minimum absolute atomic E-state index is 0.0231. The molecule has 128 valence electrons. The van der Waals surface area contributed by atoms with Crippen molar-refractivity contribution in [2.75, 3.05) is 0 Å². The first-order valence-electron chi connectivity index (χ1n) is 8.28. The molecule has 2 aliphatic rings. The van der Waals surface area contributed by atoms with Crippen molar-refractivity contribution in [1.29, 1.82) is 0 Å². The molecule has 2 radical (unpaired) electrons. The van der Waals surface area contributed by atoms with Crippen LogP contribution in [-0.4, -0.2) is 49.5 Å². The van der Waals surface area contributed by atoms with E-state index in [1.165, 1.54) is 5.82 Å². The van der Waals surface area contributed by atoms with Gasteiger partial charge in [0.05, 0.1) is 18.3 Å². The molecule has 2 aliphatic heterocycles. The Bertz CT molecular complexity index is 458. The van der Waals surface area contributed by atoms with E-state index in [-0.39, 0.29) is 36.1 Å². The van der Waals surface area contributed by atoms with Gasteiger partial charge in [-0.3, -0.25) is 0 Å². The van der Waals surface area contributed by atoms with Gasteiger partial charge in [-0.2, -0.15) is 0 Å². The summed E-state index contributed by atoms with van der Waals surface area (Å²) in [6.07, 6.45) is 0.114. The molecule has 0 aromatic rings. The van der Waals surface area contributed by atoms with Gasteiger partial charge in [-0.1, -0.05) is 27.7 Å². The van der Waals surface area contributed by atoms with E-state index in [1.54, 1.807) is 6.08 Å². The fraction of sp³-hybridized carbons (Fsp3) is 0.875. The van der Waals surface area contributed by atoms with Crippen LogP contribution in [0, 0.1) is 17.8 Å². The van der Waals surface area contributed by atoms with Crippen molar-refractivity contribution < 1.29 is 23.7 Å². The average molecular weight is 341 g/mol. The third kappa shape index (κ3) is 4.23. The number of aliphatic hydroxyl groups is 1. The molecule has 0 saturated carbocycles. The standard InChI is InChI=1S/C16H27BO5P/c1-8(2)14-15(10(4)16(17)21-14)22-23(19)7-6-12-13(18)9(3)11(5)20-12/h6-16,18H,1-5H3/q+1/b7-6+/t9?,10?,11-,12+,13+,14+,15+,16+/m0/s1. The monoisotopic (exact) mass is 341 g/mol. The summed E-state index contributed by atoms with van der Waals surface area (Å²) in [5, 5.41) is 10.1. The highest BCUT2D eigenvalue weighted by atomic mass is 31.1. The first kappa shape index (κ1) is 19.1. The van der Waals surface area contributed by atoms with Gasteiger partial charge in [-0.25, -0.2) is 0 Å². The topological polar surface area (TPSA) is 65.0 Å². The summed E-state index contributed by atoms with van der Waals surface area (Å²) >= 11 is 0. The molecule has 9 atom stereocenters. The summed E-state index contributed by atoms with van der Waals surface area (Å²) in [5.74, 6) is 1.73. The lowest BCUT2D eigenvalue weighted by molar-refractivity contribution is 0.0143. The molecule has 2 fully saturated rings. The molecule has 0 aromatic heterocycles.